The zero-order valence-electron chi connectivity index (χ0n) is 14.8. The van der Waals surface area contributed by atoms with Gasteiger partial charge in [-0.3, -0.25) is 19.3 Å². The zero-order valence-corrected chi connectivity index (χ0v) is 15.6. The van der Waals surface area contributed by atoms with Gasteiger partial charge in [-0.05, 0) is 18.6 Å². The largest absolute Gasteiger partial charge is 0.350 e. The van der Waals surface area contributed by atoms with Gasteiger partial charge in [-0.1, -0.05) is 23.7 Å². The molecule has 1 aliphatic heterocycles. The van der Waals surface area contributed by atoms with Crippen LogP contribution >= 0.6 is 11.6 Å². The Morgan fingerprint density at radius 2 is 2.14 bits per heavy atom. The van der Waals surface area contributed by atoms with Crippen LogP contribution < -0.4 is 5.32 Å². The van der Waals surface area contributed by atoms with Gasteiger partial charge in [0, 0.05) is 30.2 Å². The molecule has 4 rings (SSSR count). The van der Waals surface area contributed by atoms with Crippen LogP contribution in [0.25, 0.3) is 10.9 Å². The van der Waals surface area contributed by atoms with Crippen molar-refractivity contribution in [2.24, 2.45) is 0 Å². The van der Waals surface area contributed by atoms with Gasteiger partial charge in [-0.2, -0.15) is 5.10 Å². The minimum absolute atomic E-state index is 0.00753. The highest BCUT2D eigenvalue weighted by molar-refractivity contribution is 6.30. The third-order valence-electron chi connectivity index (χ3n) is 4.86. The van der Waals surface area contributed by atoms with Crippen LogP contribution in [0.4, 0.5) is 4.39 Å². The van der Waals surface area contributed by atoms with Gasteiger partial charge in [0.05, 0.1) is 22.9 Å². The standard InChI is InChI=1S/C19H17ClFN5O2/c20-14-3-1-2-13(18(14)21)8-23-19(28)15-5-7-25(15)17(27)11-26-16-10-22-6-4-12(16)9-24-26/h1-4,6,9-10,15H,5,7-8,11H2,(H,23,28). The summed E-state index contributed by atoms with van der Waals surface area (Å²) in [5.74, 6) is -1.06. The molecule has 1 aliphatic rings. The van der Waals surface area contributed by atoms with E-state index in [9.17, 15) is 14.0 Å². The Morgan fingerprint density at radius 1 is 1.29 bits per heavy atom. The van der Waals surface area contributed by atoms with Crippen LogP contribution in [0.2, 0.25) is 5.02 Å². The third kappa shape index (κ3) is 3.43. The van der Waals surface area contributed by atoms with Crippen molar-refractivity contribution in [2.75, 3.05) is 6.54 Å². The molecule has 144 valence electrons. The molecule has 0 radical (unpaired) electrons. The average molecular weight is 402 g/mol. The lowest BCUT2D eigenvalue weighted by Crippen LogP contribution is -2.58. The summed E-state index contributed by atoms with van der Waals surface area (Å²) >= 11 is 5.75. The zero-order chi connectivity index (χ0) is 19.7. The molecule has 0 aliphatic carbocycles. The number of amides is 2. The molecule has 0 saturated carbocycles. The Kier molecular flexibility index (Phi) is 4.95. The fourth-order valence-corrected chi connectivity index (χ4v) is 3.40. The summed E-state index contributed by atoms with van der Waals surface area (Å²) in [7, 11) is 0. The molecule has 3 aromatic rings. The molecule has 1 saturated heterocycles. The van der Waals surface area contributed by atoms with Crippen LogP contribution in [-0.4, -0.2) is 44.1 Å². The molecule has 0 spiro atoms. The van der Waals surface area contributed by atoms with Gasteiger partial charge >= 0.3 is 0 Å². The molecule has 9 heteroatoms. The molecular weight excluding hydrogens is 385 g/mol. The monoisotopic (exact) mass is 401 g/mol. The summed E-state index contributed by atoms with van der Waals surface area (Å²) in [5.41, 5.74) is 1.06. The first-order valence-electron chi connectivity index (χ1n) is 8.80. The fourth-order valence-electron chi connectivity index (χ4n) is 3.20. The maximum Gasteiger partial charge on any atom is 0.245 e. The van der Waals surface area contributed by atoms with Gasteiger partial charge in [0.2, 0.25) is 11.8 Å². The number of carbonyl (C=O) groups excluding carboxylic acids is 2. The maximum atomic E-state index is 13.9. The Bertz CT molecular complexity index is 1050. The molecule has 1 N–H and O–H groups in total. The van der Waals surface area contributed by atoms with Gasteiger partial charge in [-0.25, -0.2) is 4.39 Å². The summed E-state index contributed by atoms with van der Waals surface area (Å²) in [4.78, 5) is 30.6. The van der Waals surface area contributed by atoms with Crippen molar-refractivity contribution < 1.29 is 14.0 Å². The van der Waals surface area contributed by atoms with E-state index >= 15 is 0 Å². The molecule has 1 fully saturated rings. The summed E-state index contributed by atoms with van der Waals surface area (Å²) in [5, 5.41) is 7.79. The number of pyridine rings is 1. The summed E-state index contributed by atoms with van der Waals surface area (Å²) in [6.07, 6.45) is 5.55. The van der Waals surface area contributed by atoms with E-state index in [4.69, 9.17) is 11.6 Å². The number of aromatic nitrogens is 3. The number of nitrogens with one attached hydrogen (secondary N) is 1. The highest BCUT2D eigenvalue weighted by Gasteiger charge is 2.37. The lowest BCUT2D eigenvalue weighted by atomic mass is 10.0. The van der Waals surface area contributed by atoms with Gasteiger partial charge < -0.3 is 10.2 Å². The number of hydrogen-bond donors (Lipinski definition) is 1. The van der Waals surface area contributed by atoms with Gasteiger partial charge in [0.1, 0.15) is 18.4 Å². The van der Waals surface area contributed by atoms with Gasteiger partial charge in [-0.15, -0.1) is 0 Å². The van der Waals surface area contributed by atoms with E-state index in [-0.39, 0.29) is 29.9 Å². The van der Waals surface area contributed by atoms with E-state index in [1.54, 1.807) is 35.4 Å². The molecule has 1 aromatic carbocycles. The predicted molar refractivity (Wildman–Crippen MR) is 101 cm³/mol. The van der Waals surface area contributed by atoms with E-state index in [1.165, 1.54) is 11.0 Å². The molecule has 3 heterocycles. The summed E-state index contributed by atoms with van der Waals surface area (Å²) in [6.45, 7) is 0.543. The molecule has 1 unspecified atom stereocenters. The molecule has 2 aromatic heterocycles. The Hall–Kier alpha value is -3.00. The Morgan fingerprint density at radius 3 is 2.93 bits per heavy atom. The van der Waals surface area contributed by atoms with Gasteiger partial charge in [0.15, 0.2) is 0 Å². The van der Waals surface area contributed by atoms with E-state index in [0.717, 1.165) is 10.9 Å². The number of hydrogen-bond acceptors (Lipinski definition) is 4. The van der Waals surface area contributed by atoms with Crippen LogP contribution in [0.15, 0.2) is 42.9 Å². The second-order valence-electron chi connectivity index (χ2n) is 6.56. The summed E-state index contributed by atoms with van der Waals surface area (Å²) < 4.78 is 15.5. The van der Waals surface area contributed by atoms with Crippen LogP contribution in [0.1, 0.15) is 12.0 Å². The van der Waals surface area contributed by atoms with E-state index in [1.807, 2.05) is 6.07 Å². The van der Waals surface area contributed by atoms with Crippen LogP contribution in [-0.2, 0) is 22.7 Å². The second kappa shape index (κ2) is 7.55. The predicted octanol–water partition coefficient (Wildman–Crippen LogP) is 2.14. The van der Waals surface area contributed by atoms with Crippen molar-refractivity contribution in [1.82, 2.24) is 25.0 Å². The minimum atomic E-state index is -0.560. The molecular formula is C19H17ClFN5O2. The number of halogens is 2. The first-order chi connectivity index (χ1) is 13.5. The summed E-state index contributed by atoms with van der Waals surface area (Å²) in [6, 6.07) is 5.88. The average Bonchev–Trinajstić information content (AvgIpc) is 3.05. The normalized spacial score (nSPS) is 16.1. The highest BCUT2D eigenvalue weighted by Crippen LogP contribution is 2.21. The lowest BCUT2D eigenvalue weighted by Gasteiger charge is -2.39. The SMILES string of the molecule is O=C(NCc1cccc(Cl)c1F)C1CCN1C(=O)Cn1ncc2ccncc21. The van der Waals surface area contributed by atoms with E-state index in [2.05, 4.69) is 15.4 Å². The minimum Gasteiger partial charge on any atom is -0.350 e. The van der Waals surface area contributed by atoms with Gasteiger partial charge in [0.25, 0.3) is 0 Å². The van der Waals surface area contributed by atoms with Crippen LogP contribution in [0, 0.1) is 5.82 Å². The Labute approximate surface area is 165 Å². The van der Waals surface area contributed by atoms with Crippen molar-refractivity contribution in [1.29, 1.82) is 0 Å². The van der Waals surface area contributed by atoms with Crippen LogP contribution in [0.5, 0.6) is 0 Å². The highest BCUT2D eigenvalue weighted by atomic mass is 35.5. The first kappa shape index (κ1) is 18.4. The topological polar surface area (TPSA) is 80.1 Å². The molecule has 2 amide bonds. The molecule has 1 atom stereocenters. The number of likely N-dealkylation sites (tertiary alicyclic amines) is 1. The van der Waals surface area contributed by atoms with Crippen molar-refractivity contribution in [3.8, 4) is 0 Å². The molecule has 7 nitrogen and oxygen atoms in total. The quantitative estimate of drug-likeness (QED) is 0.710. The molecule has 28 heavy (non-hydrogen) atoms. The third-order valence-corrected chi connectivity index (χ3v) is 5.15. The van der Waals surface area contributed by atoms with Crippen molar-refractivity contribution in [2.45, 2.75) is 25.6 Å². The van der Waals surface area contributed by atoms with E-state index < -0.39 is 11.9 Å². The van der Waals surface area contributed by atoms with Crippen molar-refractivity contribution >= 4 is 34.3 Å². The number of fused-ring (bicyclic) bond motifs is 1. The second-order valence-corrected chi connectivity index (χ2v) is 6.97. The number of nitrogens with zero attached hydrogens (tertiary/aromatic N) is 4. The smallest absolute Gasteiger partial charge is 0.245 e. The fraction of sp³-hybridized carbons (Fsp3) is 0.263. The lowest BCUT2D eigenvalue weighted by molar-refractivity contribution is -0.148. The van der Waals surface area contributed by atoms with Crippen molar-refractivity contribution in [3.63, 3.8) is 0 Å². The van der Waals surface area contributed by atoms with E-state index in [0.29, 0.717) is 18.5 Å². The molecule has 0 bridgehead atoms. The number of benzene rings is 1. The maximum absolute atomic E-state index is 13.9. The first-order valence-corrected chi connectivity index (χ1v) is 9.18. The Balaban J connectivity index is 1.38. The number of carbonyl (C=O) groups is 2. The van der Waals surface area contributed by atoms with Crippen molar-refractivity contribution in [3.05, 3.63) is 59.3 Å². The van der Waals surface area contributed by atoms with Crippen LogP contribution in [0.3, 0.4) is 0 Å². The number of rotatable bonds is 5.